The number of nitrogens with one attached hydrogen (secondary N) is 1. The third kappa shape index (κ3) is 4.92. The number of carbonyl (C=O) groups is 4. The van der Waals surface area contributed by atoms with Crippen molar-refractivity contribution in [2.45, 2.75) is 64.6 Å². The third-order valence-corrected chi connectivity index (χ3v) is 7.12. The molecule has 34 heavy (non-hydrogen) atoms. The van der Waals surface area contributed by atoms with Gasteiger partial charge in [-0.15, -0.1) is 0 Å². The number of hydrogen-bond acceptors (Lipinski definition) is 5. The van der Waals surface area contributed by atoms with Gasteiger partial charge in [-0.3, -0.25) is 29.0 Å². The number of rotatable bonds is 8. The molecule has 182 valence electrons. The monoisotopic (exact) mass is 466 g/mol. The summed E-state index contributed by atoms with van der Waals surface area (Å²) < 4.78 is 0. The van der Waals surface area contributed by atoms with Gasteiger partial charge in [0.1, 0.15) is 6.04 Å². The Bertz CT molecular complexity index is 978. The van der Waals surface area contributed by atoms with E-state index in [0.29, 0.717) is 31.5 Å². The molecule has 2 heterocycles. The van der Waals surface area contributed by atoms with E-state index in [9.17, 15) is 19.2 Å². The summed E-state index contributed by atoms with van der Waals surface area (Å²) in [6.45, 7) is 5.32. The molecule has 8 heteroatoms. The molecule has 4 amide bonds. The average Bonchev–Trinajstić information content (AvgIpc) is 3.35. The van der Waals surface area contributed by atoms with Crippen molar-refractivity contribution in [2.75, 3.05) is 11.9 Å². The number of likely N-dealkylation sites (tertiary alicyclic amines) is 2. The van der Waals surface area contributed by atoms with E-state index in [2.05, 4.69) is 10.2 Å². The first-order valence-electron chi connectivity index (χ1n) is 12.2. The topological polar surface area (TPSA) is 113 Å². The maximum atomic E-state index is 13.4. The van der Waals surface area contributed by atoms with Crippen LogP contribution in [0.15, 0.2) is 36.4 Å². The highest BCUT2D eigenvalue weighted by Gasteiger charge is 2.51. The molecule has 0 radical (unpaired) electrons. The molecular formula is C26H34N4O4. The quantitative estimate of drug-likeness (QED) is 0.451. The second kappa shape index (κ2) is 10.1. The first-order valence-corrected chi connectivity index (χ1v) is 12.2. The predicted octanol–water partition coefficient (Wildman–Crippen LogP) is 2.44. The minimum atomic E-state index is -0.841. The lowest BCUT2D eigenvalue weighted by molar-refractivity contribution is -0.147. The number of primary amides is 1. The fraction of sp³-hybridized carbons (Fsp3) is 0.538. The van der Waals surface area contributed by atoms with Crippen LogP contribution in [0.2, 0.25) is 0 Å². The van der Waals surface area contributed by atoms with Crippen LogP contribution in [0.5, 0.6) is 0 Å². The summed E-state index contributed by atoms with van der Waals surface area (Å²) in [6, 6.07) is 6.36. The highest BCUT2D eigenvalue weighted by atomic mass is 16.2. The highest BCUT2D eigenvalue weighted by Crippen LogP contribution is 2.37. The van der Waals surface area contributed by atoms with Crippen LogP contribution in [-0.2, 0) is 25.7 Å². The Hall–Kier alpha value is -3.00. The minimum absolute atomic E-state index is 0.129. The van der Waals surface area contributed by atoms with Crippen molar-refractivity contribution < 1.29 is 19.2 Å². The van der Waals surface area contributed by atoms with Gasteiger partial charge < -0.3 is 11.1 Å². The van der Waals surface area contributed by atoms with Gasteiger partial charge in [0.15, 0.2) is 0 Å². The van der Waals surface area contributed by atoms with E-state index >= 15 is 0 Å². The van der Waals surface area contributed by atoms with Gasteiger partial charge in [-0.1, -0.05) is 38.1 Å². The van der Waals surface area contributed by atoms with Crippen molar-refractivity contribution in [3.63, 3.8) is 0 Å². The predicted molar refractivity (Wildman–Crippen MR) is 128 cm³/mol. The van der Waals surface area contributed by atoms with Gasteiger partial charge in [0.25, 0.3) is 0 Å². The molecule has 0 saturated carbocycles. The molecule has 2 aliphatic heterocycles. The molecule has 4 rings (SSSR count). The third-order valence-electron chi connectivity index (χ3n) is 7.12. The molecule has 2 fully saturated rings. The summed E-state index contributed by atoms with van der Waals surface area (Å²) in [4.78, 5) is 54.6. The zero-order valence-corrected chi connectivity index (χ0v) is 19.9. The number of fused-ring (bicyclic) bond motifs is 1. The Morgan fingerprint density at radius 2 is 1.79 bits per heavy atom. The lowest BCUT2D eigenvalue weighted by Gasteiger charge is -2.27. The zero-order chi connectivity index (χ0) is 24.4. The standard InChI is InChI=1S/C26H34N4O4/c1-16(2)13-22(30-25(33)19-9-3-4-10-20(19)26(30)34)24(32)28-18-8-5-7-17(14-18)15-29-12-6-11-21(29)23(27)31/h3-5,7-8,14,16,19-22H,6,9-13,15H2,1-2H3,(H2,27,31)(H,28,32). The van der Waals surface area contributed by atoms with Crippen LogP contribution >= 0.6 is 0 Å². The summed E-state index contributed by atoms with van der Waals surface area (Å²) in [5.74, 6) is -1.72. The summed E-state index contributed by atoms with van der Waals surface area (Å²) in [7, 11) is 0. The average molecular weight is 467 g/mol. The van der Waals surface area contributed by atoms with E-state index in [4.69, 9.17) is 5.73 Å². The Kier molecular flexibility index (Phi) is 7.16. The molecule has 1 aromatic rings. The van der Waals surface area contributed by atoms with Gasteiger partial charge in [0.2, 0.25) is 23.6 Å². The van der Waals surface area contributed by atoms with Crippen molar-refractivity contribution in [1.82, 2.24) is 9.80 Å². The normalized spacial score (nSPS) is 25.6. The number of nitrogens with zero attached hydrogens (tertiary/aromatic N) is 2. The number of amides is 4. The summed E-state index contributed by atoms with van der Waals surface area (Å²) in [6.07, 6.45) is 7.08. The van der Waals surface area contributed by atoms with E-state index in [1.807, 2.05) is 44.2 Å². The van der Waals surface area contributed by atoms with Gasteiger partial charge in [-0.05, 0) is 62.3 Å². The van der Waals surface area contributed by atoms with Crippen LogP contribution in [-0.4, -0.2) is 52.1 Å². The molecule has 0 aromatic heterocycles. The van der Waals surface area contributed by atoms with Gasteiger partial charge in [-0.2, -0.15) is 0 Å². The van der Waals surface area contributed by atoms with E-state index in [1.54, 1.807) is 6.07 Å². The molecule has 3 aliphatic rings. The smallest absolute Gasteiger partial charge is 0.247 e. The van der Waals surface area contributed by atoms with Crippen molar-refractivity contribution in [2.24, 2.45) is 23.5 Å². The number of allylic oxidation sites excluding steroid dienone is 2. The maximum Gasteiger partial charge on any atom is 0.247 e. The first kappa shape index (κ1) is 24.1. The minimum Gasteiger partial charge on any atom is -0.368 e. The molecule has 2 saturated heterocycles. The van der Waals surface area contributed by atoms with Crippen molar-refractivity contribution in [1.29, 1.82) is 0 Å². The number of carbonyl (C=O) groups excluding carboxylic acids is 4. The fourth-order valence-electron chi connectivity index (χ4n) is 5.45. The van der Waals surface area contributed by atoms with Crippen LogP contribution in [0.1, 0.15) is 51.5 Å². The van der Waals surface area contributed by atoms with E-state index < -0.39 is 6.04 Å². The molecule has 4 atom stereocenters. The van der Waals surface area contributed by atoms with E-state index in [-0.39, 0.29) is 47.4 Å². The zero-order valence-electron chi connectivity index (χ0n) is 19.9. The molecule has 1 aromatic carbocycles. The molecule has 1 aliphatic carbocycles. The molecule has 0 bridgehead atoms. The van der Waals surface area contributed by atoms with Crippen LogP contribution in [0.25, 0.3) is 0 Å². The Morgan fingerprint density at radius 3 is 2.41 bits per heavy atom. The lowest BCUT2D eigenvalue weighted by atomic mass is 9.85. The highest BCUT2D eigenvalue weighted by molar-refractivity contribution is 6.10. The fourth-order valence-corrected chi connectivity index (χ4v) is 5.45. The molecule has 0 spiro atoms. The van der Waals surface area contributed by atoms with Gasteiger partial charge in [0, 0.05) is 12.2 Å². The van der Waals surface area contributed by atoms with Crippen molar-refractivity contribution in [3.05, 3.63) is 42.0 Å². The second-order valence-electron chi connectivity index (χ2n) is 10.1. The largest absolute Gasteiger partial charge is 0.368 e. The van der Waals surface area contributed by atoms with Gasteiger partial charge in [0.05, 0.1) is 17.9 Å². The number of benzene rings is 1. The molecular weight excluding hydrogens is 432 g/mol. The van der Waals surface area contributed by atoms with Crippen LogP contribution in [0.4, 0.5) is 5.69 Å². The number of anilines is 1. The SMILES string of the molecule is CC(C)CC(C(=O)Nc1cccc(CN2CCCC2C(N)=O)c1)N1C(=O)C2CC=CCC2C1=O. The van der Waals surface area contributed by atoms with Crippen LogP contribution in [0, 0.1) is 17.8 Å². The molecule has 4 unspecified atom stereocenters. The Balaban J connectivity index is 1.49. The molecule has 8 nitrogen and oxygen atoms in total. The van der Waals surface area contributed by atoms with Gasteiger partial charge in [-0.25, -0.2) is 0 Å². The van der Waals surface area contributed by atoms with E-state index in [0.717, 1.165) is 24.9 Å². The van der Waals surface area contributed by atoms with E-state index in [1.165, 1.54) is 4.90 Å². The summed E-state index contributed by atoms with van der Waals surface area (Å²) >= 11 is 0. The Morgan fingerprint density at radius 1 is 1.12 bits per heavy atom. The first-order chi connectivity index (χ1) is 16.3. The van der Waals surface area contributed by atoms with Gasteiger partial charge >= 0.3 is 0 Å². The van der Waals surface area contributed by atoms with Crippen LogP contribution in [0.3, 0.4) is 0 Å². The van der Waals surface area contributed by atoms with Crippen LogP contribution < -0.4 is 11.1 Å². The maximum absolute atomic E-state index is 13.4. The summed E-state index contributed by atoms with van der Waals surface area (Å²) in [5.41, 5.74) is 7.09. The van der Waals surface area contributed by atoms with Crippen molar-refractivity contribution in [3.8, 4) is 0 Å². The lowest BCUT2D eigenvalue weighted by Crippen LogP contribution is -2.48. The second-order valence-corrected chi connectivity index (χ2v) is 10.1. The number of nitrogens with two attached hydrogens (primary N) is 1. The Labute approximate surface area is 200 Å². The molecule has 3 N–H and O–H groups in total. The van der Waals surface area contributed by atoms with Crippen molar-refractivity contribution >= 4 is 29.3 Å². The summed E-state index contributed by atoms with van der Waals surface area (Å²) in [5, 5.41) is 2.94. The number of imide groups is 1. The number of hydrogen-bond donors (Lipinski definition) is 2.